The number of benzene rings is 2. The van der Waals surface area contributed by atoms with Gasteiger partial charge >= 0.3 is 5.97 Å². The highest BCUT2D eigenvalue weighted by Crippen LogP contribution is 2.14. The van der Waals surface area contributed by atoms with E-state index in [1.807, 2.05) is 6.07 Å². The van der Waals surface area contributed by atoms with E-state index in [2.05, 4.69) is 5.32 Å². The first kappa shape index (κ1) is 18.9. The standard InChI is InChI=1S/C19H17FN2O4/c1-12(18(23)22-16-7-3-14(11-21)4-8-16)26-19(24)13(2)25-17-9-5-15(20)6-10-17/h3-10,12-13H,1-2H3,(H,22,23)/t12-,13-/m1/s1. The second-order valence-electron chi connectivity index (χ2n) is 5.47. The Bertz CT molecular complexity index is 813. The molecule has 2 aromatic rings. The molecule has 2 aromatic carbocycles. The Labute approximate surface area is 150 Å². The Balaban J connectivity index is 1.87. The highest BCUT2D eigenvalue weighted by molar-refractivity contribution is 5.95. The van der Waals surface area contributed by atoms with Crippen molar-refractivity contribution < 1.29 is 23.5 Å². The van der Waals surface area contributed by atoms with Crippen LogP contribution in [0.25, 0.3) is 0 Å². The molecule has 0 saturated heterocycles. The van der Waals surface area contributed by atoms with Crippen LogP contribution in [0, 0.1) is 17.1 Å². The number of nitrogens with zero attached hydrogens (tertiary/aromatic N) is 1. The van der Waals surface area contributed by atoms with E-state index in [9.17, 15) is 14.0 Å². The molecule has 0 unspecified atom stereocenters. The maximum atomic E-state index is 12.9. The number of esters is 1. The third-order valence-electron chi connectivity index (χ3n) is 3.40. The molecule has 2 atom stereocenters. The van der Waals surface area contributed by atoms with Crippen LogP contribution in [0.3, 0.4) is 0 Å². The second kappa shape index (κ2) is 8.62. The third-order valence-corrected chi connectivity index (χ3v) is 3.40. The number of anilines is 1. The van der Waals surface area contributed by atoms with Crippen LogP contribution in [0.2, 0.25) is 0 Å². The van der Waals surface area contributed by atoms with E-state index in [1.54, 1.807) is 24.3 Å². The lowest BCUT2D eigenvalue weighted by atomic mass is 10.2. The summed E-state index contributed by atoms with van der Waals surface area (Å²) in [6.07, 6.45) is -2.01. The van der Waals surface area contributed by atoms with Crippen LogP contribution in [-0.4, -0.2) is 24.1 Å². The molecule has 0 spiro atoms. The van der Waals surface area contributed by atoms with Crippen molar-refractivity contribution in [2.75, 3.05) is 5.32 Å². The zero-order valence-corrected chi connectivity index (χ0v) is 14.2. The zero-order valence-electron chi connectivity index (χ0n) is 14.2. The lowest BCUT2D eigenvalue weighted by Gasteiger charge is -2.17. The molecule has 0 bridgehead atoms. The minimum Gasteiger partial charge on any atom is -0.479 e. The van der Waals surface area contributed by atoms with E-state index < -0.39 is 29.9 Å². The first-order chi connectivity index (χ1) is 12.4. The molecule has 134 valence electrons. The van der Waals surface area contributed by atoms with Crippen LogP contribution in [0.4, 0.5) is 10.1 Å². The number of carbonyl (C=O) groups excluding carboxylic acids is 2. The fourth-order valence-electron chi connectivity index (χ4n) is 1.96. The van der Waals surface area contributed by atoms with Crippen molar-refractivity contribution in [3.8, 4) is 11.8 Å². The molecule has 0 saturated carbocycles. The number of amides is 1. The van der Waals surface area contributed by atoms with Gasteiger partial charge in [-0.15, -0.1) is 0 Å². The highest BCUT2D eigenvalue weighted by Gasteiger charge is 2.23. The van der Waals surface area contributed by atoms with Crippen LogP contribution in [0.5, 0.6) is 5.75 Å². The Morgan fingerprint density at radius 3 is 2.23 bits per heavy atom. The van der Waals surface area contributed by atoms with Gasteiger partial charge in [0.1, 0.15) is 11.6 Å². The van der Waals surface area contributed by atoms with Gasteiger partial charge in [0.15, 0.2) is 12.2 Å². The summed E-state index contributed by atoms with van der Waals surface area (Å²) < 4.78 is 23.3. The van der Waals surface area contributed by atoms with E-state index in [0.29, 0.717) is 17.0 Å². The second-order valence-corrected chi connectivity index (χ2v) is 5.47. The molecule has 0 aliphatic rings. The van der Waals surface area contributed by atoms with Gasteiger partial charge in [-0.25, -0.2) is 9.18 Å². The predicted molar refractivity (Wildman–Crippen MR) is 91.8 cm³/mol. The summed E-state index contributed by atoms with van der Waals surface area (Å²) in [7, 11) is 0. The molecule has 0 heterocycles. The largest absolute Gasteiger partial charge is 0.479 e. The summed E-state index contributed by atoms with van der Waals surface area (Å²) in [6, 6.07) is 13.4. The van der Waals surface area contributed by atoms with Crippen molar-refractivity contribution in [2.45, 2.75) is 26.1 Å². The number of halogens is 1. The molecule has 7 heteroatoms. The van der Waals surface area contributed by atoms with Crippen molar-refractivity contribution in [1.29, 1.82) is 5.26 Å². The van der Waals surface area contributed by atoms with E-state index in [1.165, 1.54) is 38.1 Å². The fraction of sp³-hybridized carbons (Fsp3) is 0.211. The number of hydrogen-bond donors (Lipinski definition) is 1. The Hall–Kier alpha value is -3.40. The number of carbonyl (C=O) groups is 2. The summed E-state index contributed by atoms with van der Waals surface area (Å²) in [5.41, 5.74) is 0.946. The fourth-order valence-corrected chi connectivity index (χ4v) is 1.96. The van der Waals surface area contributed by atoms with Crippen molar-refractivity contribution >= 4 is 17.6 Å². The van der Waals surface area contributed by atoms with E-state index >= 15 is 0 Å². The minimum atomic E-state index is -1.04. The van der Waals surface area contributed by atoms with Gasteiger partial charge in [-0.1, -0.05) is 0 Å². The molecule has 1 N–H and O–H groups in total. The van der Waals surface area contributed by atoms with Gasteiger partial charge in [0, 0.05) is 5.69 Å². The first-order valence-corrected chi connectivity index (χ1v) is 7.83. The topological polar surface area (TPSA) is 88.4 Å². The number of nitrogens with one attached hydrogen (secondary N) is 1. The number of rotatable bonds is 6. The van der Waals surface area contributed by atoms with Crippen LogP contribution in [0.1, 0.15) is 19.4 Å². The molecule has 2 rings (SSSR count). The quantitative estimate of drug-likeness (QED) is 0.804. The number of ether oxygens (including phenoxy) is 2. The normalized spacial score (nSPS) is 12.4. The summed E-state index contributed by atoms with van der Waals surface area (Å²) in [4.78, 5) is 24.1. The van der Waals surface area contributed by atoms with Crippen LogP contribution >= 0.6 is 0 Å². The maximum absolute atomic E-state index is 12.9. The molecule has 6 nitrogen and oxygen atoms in total. The highest BCUT2D eigenvalue weighted by atomic mass is 19.1. The molecular formula is C19H17FN2O4. The average molecular weight is 356 g/mol. The van der Waals surface area contributed by atoms with Crippen molar-refractivity contribution in [1.82, 2.24) is 0 Å². The lowest BCUT2D eigenvalue weighted by Crippen LogP contribution is -2.35. The van der Waals surface area contributed by atoms with Gasteiger partial charge in [-0.2, -0.15) is 5.26 Å². The average Bonchev–Trinajstić information content (AvgIpc) is 2.64. The Kier molecular flexibility index (Phi) is 6.28. The van der Waals surface area contributed by atoms with Gasteiger partial charge in [-0.3, -0.25) is 4.79 Å². The maximum Gasteiger partial charge on any atom is 0.347 e. The van der Waals surface area contributed by atoms with Gasteiger partial charge in [0.25, 0.3) is 5.91 Å². The van der Waals surface area contributed by atoms with Gasteiger partial charge in [0.05, 0.1) is 11.6 Å². The van der Waals surface area contributed by atoms with Crippen molar-refractivity contribution in [3.05, 3.63) is 59.9 Å². The SMILES string of the molecule is C[C@@H](OC(=O)[C@@H](C)Oc1ccc(F)cc1)C(=O)Nc1ccc(C#N)cc1. The molecule has 0 aromatic heterocycles. The predicted octanol–water partition coefficient (Wildman–Crippen LogP) is 3.04. The summed E-state index contributed by atoms with van der Waals surface area (Å²) in [6.45, 7) is 2.90. The van der Waals surface area contributed by atoms with Crippen LogP contribution in [-0.2, 0) is 14.3 Å². The molecule has 0 radical (unpaired) electrons. The summed E-state index contributed by atoms with van der Waals surface area (Å²) >= 11 is 0. The smallest absolute Gasteiger partial charge is 0.347 e. The Morgan fingerprint density at radius 1 is 1.04 bits per heavy atom. The van der Waals surface area contributed by atoms with Crippen molar-refractivity contribution in [3.63, 3.8) is 0 Å². The molecule has 0 aliphatic carbocycles. The monoisotopic (exact) mass is 356 g/mol. The van der Waals surface area contributed by atoms with E-state index in [-0.39, 0.29) is 0 Å². The van der Waals surface area contributed by atoms with E-state index in [0.717, 1.165) is 0 Å². The minimum absolute atomic E-state index is 0.311. The van der Waals surface area contributed by atoms with Gasteiger partial charge < -0.3 is 14.8 Å². The number of hydrogen-bond acceptors (Lipinski definition) is 5. The van der Waals surface area contributed by atoms with Gasteiger partial charge in [0.2, 0.25) is 0 Å². The zero-order chi connectivity index (χ0) is 19.1. The summed E-state index contributed by atoms with van der Waals surface area (Å²) in [5.74, 6) is -1.35. The summed E-state index contributed by atoms with van der Waals surface area (Å²) in [5, 5.41) is 11.3. The van der Waals surface area contributed by atoms with Crippen molar-refractivity contribution in [2.24, 2.45) is 0 Å². The molecular weight excluding hydrogens is 339 g/mol. The number of nitriles is 1. The lowest BCUT2D eigenvalue weighted by molar-refractivity contribution is -0.159. The first-order valence-electron chi connectivity index (χ1n) is 7.83. The Morgan fingerprint density at radius 2 is 1.65 bits per heavy atom. The third kappa shape index (κ3) is 5.31. The molecule has 26 heavy (non-hydrogen) atoms. The molecule has 1 amide bonds. The molecule has 0 fully saturated rings. The van der Waals surface area contributed by atoms with Crippen LogP contribution in [0.15, 0.2) is 48.5 Å². The molecule has 0 aliphatic heterocycles. The van der Waals surface area contributed by atoms with Crippen LogP contribution < -0.4 is 10.1 Å². The van der Waals surface area contributed by atoms with Gasteiger partial charge in [-0.05, 0) is 62.4 Å². The van der Waals surface area contributed by atoms with E-state index in [4.69, 9.17) is 14.7 Å².